The molecule has 11 heteroatoms. The number of fused-ring (bicyclic) bond motifs is 1. The van der Waals surface area contributed by atoms with Gasteiger partial charge >= 0.3 is 5.97 Å². The first kappa shape index (κ1) is 22.6. The third-order valence-corrected chi connectivity index (χ3v) is 6.98. The van der Waals surface area contributed by atoms with Crippen molar-refractivity contribution in [1.82, 2.24) is 10.2 Å². The van der Waals surface area contributed by atoms with Crippen molar-refractivity contribution in [3.8, 4) is 11.3 Å². The molecule has 0 bridgehead atoms. The number of hydrogen-bond acceptors (Lipinski definition) is 6. The Morgan fingerprint density at radius 3 is 2.55 bits per heavy atom. The summed E-state index contributed by atoms with van der Waals surface area (Å²) in [5, 5.41) is 7.90. The summed E-state index contributed by atoms with van der Waals surface area (Å²) in [7, 11) is -2.71. The zero-order valence-electron chi connectivity index (χ0n) is 17.3. The van der Waals surface area contributed by atoms with Gasteiger partial charge in [0, 0.05) is 16.6 Å². The number of rotatable bonds is 7. The van der Waals surface area contributed by atoms with E-state index in [-0.39, 0.29) is 16.2 Å². The van der Waals surface area contributed by atoms with Crippen LogP contribution in [0.4, 0.5) is 5.69 Å². The third kappa shape index (κ3) is 4.80. The van der Waals surface area contributed by atoms with Crippen molar-refractivity contribution in [3.05, 3.63) is 77.9 Å². The monoisotopic (exact) mass is 485 g/mol. The Bertz CT molecular complexity index is 1460. The highest BCUT2D eigenvalue weighted by Crippen LogP contribution is 2.30. The Hall–Kier alpha value is -3.54. The minimum Gasteiger partial charge on any atom is -0.465 e. The predicted molar refractivity (Wildman–Crippen MR) is 125 cm³/mol. The normalized spacial score (nSPS) is 12.4. The number of nitrogens with one attached hydrogen (secondary N) is 2. The molecule has 4 aromatic rings. The second kappa shape index (κ2) is 9.14. The van der Waals surface area contributed by atoms with Crippen LogP contribution in [-0.4, -0.2) is 40.5 Å². The molecular formula is C22H19N3O6S2. The van der Waals surface area contributed by atoms with E-state index in [4.69, 9.17) is 4.74 Å². The zero-order chi connectivity index (χ0) is 23.6. The van der Waals surface area contributed by atoms with Crippen molar-refractivity contribution in [2.75, 3.05) is 11.8 Å². The van der Waals surface area contributed by atoms with E-state index in [0.29, 0.717) is 27.8 Å². The molecule has 0 saturated carbocycles. The van der Waals surface area contributed by atoms with Gasteiger partial charge in [0.2, 0.25) is 0 Å². The maximum Gasteiger partial charge on any atom is 0.337 e. The van der Waals surface area contributed by atoms with Gasteiger partial charge in [0.15, 0.2) is 11.1 Å². The summed E-state index contributed by atoms with van der Waals surface area (Å²) in [6.07, 6.45) is 0. The van der Waals surface area contributed by atoms with Crippen LogP contribution in [0.2, 0.25) is 0 Å². The van der Waals surface area contributed by atoms with Crippen LogP contribution in [0.25, 0.3) is 22.2 Å². The van der Waals surface area contributed by atoms with E-state index in [1.54, 1.807) is 54.6 Å². The molecule has 0 spiro atoms. The highest BCUT2D eigenvalue weighted by molar-refractivity contribution is 7.92. The van der Waals surface area contributed by atoms with Crippen molar-refractivity contribution in [2.45, 2.75) is 10.6 Å². The van der Waals surface area contributed by atoms with Crippen molar-refractivity contribution in [1.29, 1.82) is 0 Å². The van der Waals surface area contributed by atoms with Crippen LogP contribution in [0.1, 0.15) is 15.9 Å². The summed E-state index contributed by atoms with van der Waals surface area (Å²) in [4.78, 5) is 11.6. The quantitative estimate of drug-likeness (QED) is 0.269. The first-order valence-corrected chi connectivity index (χ1v) is 12.4. The Morgan fingerprint density at radius 1 is 1.12 bits per heavy atom. The zero-order valence-corrected chi connectivity index (χ0v) is 18.9. The van der Waals surface area contributed by atoms with Crippen molar-refractivity contribution in [3.63, 3.8) is 0 Å². The van der Waals surface area contributed by atoms with E-state index in [1.165, 1.54) is 19.2 Å². The van der Waals surface area contributed by atoms with Gasteiger partial charge in [0.1, 0.15) is 0 Å². The van der Waals surface area contributed by atoms with Crippen molar-refractivity contribution < 1.29 is 26.7 Å². The minimum absolute atomic E-state index is 0.0710. The van der Waals surface area contributed by atoms with Crippen LogP contribution < -0.4 is 4.72 Å². The molecule has 0 aliphatic heterocycles. The van der Waals surface area contributed by atoms with Crippen LogP contribution in [0.3, 0.4) is 0 Å². The Labute approximate surface area is 192 Å². The molecule has 0 fully saturated rings. The van der Waals surface area contributed by atoms with Crippen molar-refractivity contribution >= 4 is 43.7 Å². The van der Waals surface area contributed by atoms with Gasteiger partial charge in [0.25, 0.3) is 10.0 Å². The maximum atomic E-state index is 13.0. The van der Waals surface area contributed by atoms with Gasteiger partial charge in [-0.25, -0.2) is 17.4 Å². The van der Waals surface area contributed by atoms with Gasteiger partial charge in [-0.3, -0.25) is 9.82 Å². The van der Waals surface area contributed by atoms with Gasteiger partial charge in [-0.1, -0.05) is 30.3 Å². The lowest BCUT2D eigenvalue weighted by molar-refractivity contribution is 0.0600. The molecular weight excluding hydrogens is 466 g/mol. The van der Waals surface area contributed by atoms with Crippen LogP contribution in [0, 0.1) is 0 Å². The molecule has 0 saturated heterocycles. The van der Waals surface area contributed by atoms with E-state index in [2.05, 4.69) is 14.9 Å². The van der Waals surface area contributed by atoms with Gasteiger partial charge < -0.3 is 9.29 Å². The van der Waals surface area contributed by atoms with E-state index in [1.807, 2.05) is 0 Å². The summed E-state index contributed by atoms with van der Waals surface area (Å²) in [5.41, 5.74) is 2.94. The maximum absolute atomic E-state index is 13.0. The molecule has 0 radical (unpaired) electrons. The average Bonchev–Trinajstić information content (AvgIpc) is 3.21. The van der Waals surface area contributed by atoms with Crippen LogP contribution in [0.5, 0.6) is 0 Å². The molecule has 33 heavy (non-hydrogen) atoms. The molecule has 1 unspecified atom stereocenters. The number of carbonyl (C=O) groups excluding carboxylic acids is 1. The fourth-order valence-electron chi connectivity index (χ4n) is 3.41. The minimum atomic E-state index is -4.01. The second-order valence-electron chi connectivity index (χ2n) is 7.08. The number of benzene rings is 3. The number of sulfonamides is 1. The number of aromatic amines is 1. The molecule has 1 aromatic heterocycles. The fraction of sp³-hybridized carbons (Fsp3) is 0.0909. The number of hydrogen-bond donors (Lipinski definition) is 3. The topological polar surface area (TPSA) is 138 Å². The predicted octanol–water partition coefficient (Wildman–Crippen LogP) is 3.54. The van der Waals surface area contributed by atoms with Crippen LogP contribution >= 0.6 is 0 Å². The SMILES string of the molecule is COC(=O)c1ccc(-c2n[nH]c3ccc(NS(=O)(=O)c4ccccc4CS(=O)O)cc23)cc1. The van der Waals surface area contributed by atoms with Crippen molar-refractivity contribution in [2.24, 2.45) is 0 Å². The molecule has 1 atom stereocenters. The summed E-state index contributed by atoms with van der Waals surface area (Å²) >= 11 is -2.18. The standard InChI is InChI=1S/C22H19N3O6S2/c1-31-22(26)15-8-6-14(7-9-15)21-18-12-17(10-11-19(18)23-24-21)25-33(29,30)20-5-3-2-4-16(20)13-32(27)28/h2-12,25H,13H2,1H3,(H,23,24)(H,27,28). The summed E-state index contributed by atoms with van der Waals surface area (Å²) < 4.78 is 53.7. The first-order chi connectivity index (χ1) is 15.8. The van der Waals surface area contributed by atoms with Gasteiger partial charge in [0.05, 0.1) is 34.5 Å². The second-order valence-corrected chi connectivity index (χ2v) is 9.66. The number of aromatic nitrogens is 2. The van der Waals surface area contributed by atoms with Gasteiger partial charge in [-0.2, -0.15) is 5.10 Å². The average molecular weight is 486 g/mol. The summed E-state index contributed by atoms with van der Waals surface area (Å²) in [6.45, 7) is 0. The number of anilines is 1. The Kier molecular flexibility index (Phi) is 6.27. The fourth-order valence-corrected chi connectivity index (χ4v) is 5.31. The molecule has 9 nitrogen and oxygen atoms in total. The number of H-pyrrole nitrogens is 1. The van der Waals surface area contributed by atoms with E-state index in [0.717, 1.165) is 5.56 Å². The summed E-state index contributed by atoms with van der Waals surface area (Å²) in [6, 6.07) is 17.7. The number of carbonyl (C=O) groups is 1. The Morgan fingerprint density at radius 2 is 1.85 bits per heavy atom. The highest BCUT2D eigenvalue weighted by Gasteiger charge is 2.20. The van der Waals surface area contributed by atoms with Crippen LogP contribution in [0.15, 0.2) is 71.6 Å². The van der Waals surface area contributed by atoms with E-state index in [9.17, 15) is 22.0 Å². The molecule has 170 valence electrons. The lowest BCUT2D eigenvalue weighted by Gasteiger charge is -2.12. The highest BCUT2D eigenvalue weighted by atomic mass is 32.2. The van der Waals surface area contributed by atoms with E-state index < -0.39 is 27.1 Å². The molecule has 0 amide bonds. The first-order valence-electron chi connectivity index (χ1n) is 9.63. The number of esters is 1. The molecule has 3 N–H and O–H groups in total. The Balaban J connectivity index is 1.68. The molecule has 3 aromatic carbocycles. The smallest absolute Gasteiger partial charge is 0.337 e. The largest absolute Gasteiger partial charge is 0.465 e. The number of methoxy groups -OCH3 is 1. The number of nitrogens with zero attached hydrogens (tertiary/aromatic N) is 1. The van der Waals surface area contributed by atoms with Gasteiger partial charge in [-0.15, -0.1) is 0 Å². The molecule has 0 aliphatic rings. The van der Waals surface area contributed by atoms with E-state index >= 15 is 0 Å². The lowest BCUT2D eigenvalue weighted by Crippen LogP contribution is -2.15. The van der Waals surface area contributed by atoms with Gasteiger partial charge in [-0.05, 0) is 42.0 Å². The van der Waals surface area contributed by atoms with Crippen LogP contribution in [-0.2, 0) is 31.6 Å². The lowest BCUT2D eigenvalue weighted by atomic mass is 10.1. The summed E-state index contributed by atoms with van der Waals surface area (Å²) in [5.74, 6) is -0.751. The molecule has 0 aliphatic carbocycles. The molecule has 4 rings (SSSR count). The molecule has 1 heterocycles. The third-order valence-electron chi connectivity index (χ3n) is 4.94. The number of ether oxygens (including phenoxy) is 1.